The van der Waals surface area contributed by atoms with E-state index in [1.165, 1.54) is 6.07 Å². The van der Waals surface area contributed by atoms with Crippen molar-refractivity contribution in [2.75, 3.05) is 0 Å². The molecule has 0 atom stereocenters. The maximum Gasteiger partial charge on any atom is 0.586 e. The molecule has 0 amide bonds. The fourth-order valence-corrected chi connectivity index (χ4v) is 1.68. The van der Waals surface area contributed by atoms with Crippen molar-refractivity contribution in [2.45, 2.75) is 6.29 Å². The third-order valence-electron chi connectivity index (χ3n) is 2.29. The van der Waals surface area contributed by atoms with Gasteiger partial charge in [0, 0.05) is 5.39 Å². The van der Waals surface area contributed by atoms with Crippen LogP contribution in [0.1, 0.15) is 0 Å². The Labute approximate surface area is 84.0 Å². The van der Waals surface area contributed by atoms with Gasteiger partial charge in [-0.05, 0) is 11.5 Å². The molecular weight excluding hydrogens is 202 g/mol. The molecular formula is C11H6F2O2. The molecule has 0 saturated heterocycles. The highest BCUT2D eigenvalue weighted by atomic mass is 19.3. The van der Waals surface area contributed by atoms with E-state index in [2.05, 4.69) is 9.47 Å². The van der Waals surface area contributed by atoms with Gasteiger partial charge in [-0.2, -0.15) is 0 Å². The monoisotopic (exact) mass is 208 g/mol. The Morgan fingerprint density at radius 3 is 2.60 bits per heavy atom. The van der Waals surface area contributed by atoms with E-state index in [0.717, 1.165) is 5.39 Å². The van der Waals surface area contributed by atoms with Crippen LogP contribution in [0.2, 0.25) is 0 Å². The number of hydrogen-bond acceptors (Lipinski definition) is 2. The second-order valence-electron chi connectivity index (χ2n) is 3.28. The van der Waals surface area contributed by atoms with Crippen LogP contribution in [0.4, 0.5) is 8.78 Å². The van der Waals surface area contributed by atoms with Crippen molar-refractivity contribution >= 4 is 10.8 Å². The van der Waals surface area contributed by atoms with Crippen LogP contribution >= 0.6 is 0 Å². The molecule has 0 bridgehead atoms. The minimum absolute atomic E-state index is 0.0821. The summed E-state index contributed by atoms with van der Waals surface area (Å²) >= 11 is 0. The van der Waals surface area contributed by atoms with Crippen LogP contribution in [0, 0.1) is 0 Å². The molecule has 0 aliphatic carbocycles. The number of rotatable bonds is 0. The van der Waals surface area contributed by atoms with Gasteiger partial charge >= 0.3 is 6.29 Å². The average Bonchev–Trinajstić information content (AvgIpc) is 2.52. The number of ether oxygens (including phenoxy) is 2. The van der Waals surface area contributed by atoms with Crippen molar-refractivity contribution in [3.05, 3.63) is 36.4 Å². The predicted molar refractivity (Wildman–Crippen MR) is 50.2 cm³/mol. The second kappa shape index (κ2) is 2.59. The van der Waals surface area contributed by atoms with E-state index in [1.54, 1.807) is 18.2 Å². The maximum absolute atomic E-state index is 12.8. The molecule has 0 unspecified atom stereocenters. The van der Waals surface area contributed by atoms with Crippen LogP contribution in [-0.2, 0) is 0 Å². The summed E-state index contributed by atoms with van der Waals surface area (Å²) in [6, 6.07) is 10.4. The minimum Gasteiger partial charge on any atom is -0.395 e. The molecule has 76 valence electrons. The van der Waals surface area contributed by atoms with Crippen LogP contribution in [0.15, 0.2) is 36.4 Å². The Morgan fingerprint density at radius 2 is 1.73 bits per heavy atom. The van der Waals surface area contributed by atoms with Crippen LogP contribution in [0.25, 0.3) is 10.8 Å². The number of halogens is 2. The number of benzene rings is 2. The lowest BCUT2D eigenvalue weighted by atomic mass is 10.1. The van der Waals surface area contributed by atoms with Crippen molar-refractivity contribution < 1.29 is 18.3 Å². The Bertz CT molecular complexity index is 537. The van der Waals surface area contributed by atoms with Gasteiger partial charge in [-0.25, -0.2) is 0 Å². The lowest BCUT2D eigenvalue weighted by Crippen LogP contribution is -2.26. The van der Waals surface area contributed by atoms with Gasteiger partial charge in [0.25, 0.3) is 0 Å². The molecule has 0 spiro atoms. The van der Waals surface area contributed by atoms with Crippen molar-refractivity contribution in [3.8, 4) is 11.5 Å². The van der Waals surface area contributed by atoms with Crippen LogP contribution in [0.5, 0.6) is 11.5 Å². The molecule has 0 saturated carbocycles. The van der Waals surface area contributed by atoms with Crippen molar-refractivity contribution in [3.63, 3.8) is 0 Å². The lowest BCUT2D eigenvalue weighted by Gasteiger charge is -2.04. The smallest absolute Gasteiger partial charge is 0.395 e. The predicted octanol–water partition coefficient (Wildman–Crippen LogP) is 3.16. The first-order valence-electron chi connectivity index (χ1n) is 4.43. The number of fused-ring (bicyclic) bond motifs is 3. The Kier molecular flexibility index (Phi) is 1.46. The first-order chi connectivity index (χ1) is 7.16. The molecule has 2 nitrogen and oxygen atoms in total. The molecule has 2 aromatic rings. The molecule has 4 heteroatoms. The lowest BCUT2D eigenvalue weighted by molar-refractivity contribution is -0.286. The van der Waals surface area contributed by atoms with E-state index in [0.29, 0.717) is 5.39 Å². The maximum atomic E-state index is 12.8. The molecule has 0 fully saturated rings. The van der Waals surface area contributed by atoms with Crippen LogP contribution in [0.3, 0.4) is 0 Å². The highest BCUT2D eigenvalue weighted by Crippen LogP contribution is 2.45. The second-order valence-corrected chi connectivity index (χ2v) is 3.28. The zero-order chi connectivity index (χ0) is 10.5. The fourth-order valence-electron chi connectivity index (χ4n) is 1.68. The largest absolute Gasteiger partial charge is 0.586 e. The molecule has 1 aliphatic heterocycles. The van der Waals surface area contributed by atoms with E-state index >= 15 is 0 Å². The summed E-state index contributed by atoms with van der Waals surface area (Å²) < 4.78 is 34.4. The van der Waals surface area contributed by atoms with E-state index in [1.807, 2.05) is 12.1 Å². The van der Waals surface area contributed by atoms with Crippen molar-refractivity contribution in [2.24, 2.45) is 0 Å². The van der Waals surface area contributed by atoms with E-state index < -0.39 is 6.29 Å². The van der Waals surface area contributed by atoms with Crippen molar-refractivity contribution in [1.29, 1.82) is 0 Å². The van der Waals surface area contributed by atoms with Gasteiger partial charge < -0.3 is 9.47 Å². The third-order valence-corrected chi connectivity index (χ3v) is 2.29. The van der Waals surface area contributed by atoms with Crippen LogP contribution in [-0.4, -0.2) is 6.29 Å². The zero-order valence-electron chi connectivity index (χ0n) is 7.54. The molecule has 0 N–H and O–H groups in total. The van der Waals surface area contributed by atoms with Gasteiger partial charge in [-0.3, -0.25) is 0 Å². The number of hydrogen-bond donors (Lipinski definition) is 0. The zero-order valence-corrected chi connectivity index (χ0v) is 7.54. The molecule has 0 aromatic heterocycles. The van der Waals surface area contributed by atoms with E-state index in [9.17, 15) is 8.78 Å². The Morgan fingerprint density at radius 1 is 0.933 bits per heavy atom. The van der Waals surface area contributed by atoms with Gasteiger partial charge in [0.15, 0.2) is 11.5 Å². The average molecular weight is 208 g/mol. The van der Waals surface area contributed by atoms with Gasteiger partial charge in [0.05, 0.1) is 0 Å². The summed E-state index contributed by atoms with van der Waals surface area (Å²) in [7, 11) is 0. The summed E-state index contributed by atoms with van der Waals surface area (Å²) in [4.78, 5) is 0. The molecule has 1 aliphatic rings. The fraction of sp³-hybridized carbons (Fsp3) is 0.0909. The number of alkyl halides is 2. The van der Waals surface area contributed by atoms with E-state index in [4.69, 9.17) is 0 Å². The highest BCUT2D eigenvalue weighted by Gasteiger charge is 2.44. The van der Waals surface area contributed by atoms with Gasteiger partial charge in [-0.1, -0.05) is 30.3 Å². The highest BCUT2D eigenvalue weighted by molar-refractivity contribution is 5.91. The normalized spacial score (nSPS) is 16.9. The molecule has 3 rings (SSSR count). The first-order valence-corrected chi connectivity index (χ1v) is 4.43. The molecule has 15 heavy (non-hydrogen) atoms. The summed E-state index contributed by atoms with van der Waals surface area (Å²) in [5.74, 6) is 0.191. The summed E-state index contributed by atoms with van der Waals surface area (Å²) in [6.45, 7) is 0. The first kappa shape index (κ1) is 8.47. The summed E-state index contributed by atoms with van der Waals surface area (Å²) in [6.07, 6.45) is -3.55. The quantitative estimate of drug-likeness (QED) is 0.662. The topological polar surface area (TPSA) is 18.5 Å². The van der Waals surface area contributed by atoms with Gasteiger partial charge in [-0.15, -0.1) is 8.78 Å². The molecule has 1 heterocycles. The summed E-state index contributed by atoms with van der Waals surface area (Å²) in [5, 5.41) is 1.48. The Balaban J connectivity index is 2.29. The SMILES string of the molecule is FC1(F)Oc2ccc3ccccc3c2O1. The van der Waals surface area contributed by atoms with Gasteiger partial charge in [0.2, 0.25) is 0 Å². The summed E-state index contributed by atoms with van der Waals surface area (Å²) in [5.41, 5.74) is 0. The minimum atomic E-state index is -3.55. The van der Waals surface area contributed by atoms with Gasteiger partial charge in [0.1, 0.15) is 0 Å². The standard InChI is InChI=1S/C11H6F2O2/c12-11(13)14-9-6-5-7-3-1-2-4-8(7)10(9)15-11/h1-6H. The van der Waals surface area contributed by atoms with E-state index in [-0.39, 0.29) is 11.5 Å². The molecule has 2 aromatic carbocycles. The third kappa shape index (κ3) is 1.21. The molecule has 0 radical (unpaired) electrons. The van der Waals surface area contributed by atoms with Crippen LogP contribution < -0.4 is 9.47 Å². The Hall–Kier alpha value is -1.84. The van der Waals surface area contributed by atoms with Crippen molar-refractivity contribution in [1.82, 2.24) is 0 Å².